The molecule has 15 nitrogen and oxygen atoms in total. The molecular formula is C59H107NO14. The molecule has 0 unspecified atom stereocenters. The van der Waals surface area contributed by atoms with E-state index in [9.17, 15) is 33.6 Å². The van der Waals surface area contributed by atoms with Gasteiger partial charge in [-0.25, -0.2) is 0 Å². The van der Waals surface area contributed by atoms with Crippen molar-refractivity contribution in [1.82, 2.24) is 4.90 Å². The summed E-state index contributed by atoms with van der Waals surface area (Å²) in [6.45, 7) is 6.85. The molecule has 0 aliphatic heterocycles. The standard InChI is InChI=1S/C59H107NO14/c1-6-9-12-15-18-21-24-33-45-68-52(61)37-27-30-40-55(64)71-48-59(51-74-58(67)43-36-44-60(4)5,49-72-56(65)41-31-28-38-53(62)69-46-34-25-22-19-16-13-10-7-2)50-73-57(66)42-32-29-39-54(63)70-47-35-26-23-20-17-14-11-8-3/h6-51H2,1-5H3. The second-order valence-corrected chi connectivity index (χ2v) is 20.8. The molecule has 0 aromatic carbocycles. The fraction of sp³-hybridized carbons (Fsp3) is 0.881. The summed E-state index contributed by atoms with van der Waals surface area (Å²) < 4.78 is 39.0. The third-order valence-electron chi connectivity index (χ3n) is 13.0. The number of hydrogen-bond acceptors (Lipinski definition) is 15. The number of hydrogen-bond donors (Lipinski definition) is 0. The number of esters is 7. The second-order valence-electron chi connectivity index (χ2n) is 20.8. The molecule has 0 aromatic rings. The van der Waals surface area contributed by atoms with Crippen LogP contribution in [0.1, 0.15) is 265 Å². The van der Waals surface area contributed by atoms with E-state index >= 15 is 0 Å². The molecule has 0 aliphatic rings. The van der Waals surface area contributed by atoms with E-state index in [0.717, 1.165) is 57.8 Å². The van der Waals surface area contributed by atoms with E-state index in [0.29, 0.717) is 71.3 Å². The van der Waals surface area contributed by atoms with Gasteiger partial charge >= 0.3 is 41.8 Å². The number of unbranched alkanes of at least 4 members (excludes halogenated alkanes) is 24. The number of carbonyl (C=O) groups excluding carboxylic acids is 7. The van der Waals surface area contributed by atoms with Crippen molar-refractivity contribution in [3.8, 4) is 0 Å². The van der Waals surface area contributed by atoms with Crippen molar-refractivity contribution >= 4 is 41.8 Å². The van der Waals surface area contributed by atoms with E-state index in [4.69, 9.17) is 33.2 Å². The summed E-state index contributed by atoms with van der Waals surface area (Å²) in [6.07, 6.45) is 31.0. The molecule has 0 atom stereocenters. The van der Waals surface area contributed by atoms with Crippen molar-refractivity contribution in [2.75, 3.05) is 66.9 Å². The lowest BCUT2D eigenvalue weighted by Gasteiger charge is -2.31. The highest BCUT2D eigenvalue weighted by molar-refractivity contribution is 5.72. The van der Waals surface area contributed by atoms with Crippen molar-refractivity contribution in [1.29, 1.82) is 0 Å². The van der Waals surface area contributed by atoms with Gasteiger partial charge in [0.25, 0.3) is 0 Å². The summed E-state index contributed by atoms with van der Waals surface area (Å²) >= 11 is 0. The van der Waals surface area contributed by atoms with Crippen LogP contribution in [0.25, 0.3) is 0 Å². The minimum atomic E-state index is -1.45. The molecule has 15 heteroatoms. The fourth-order valence-electron chi connectivity index (χ4n) is 8.11. The Morgan fingerprint density at radius 3 is 0.703 bits per heavy atom. The number of rotatable bonds is 54. The van der Waals surface area contributed by atoms with Crippen LogP contribution >= 0.6 is 0 Å². The molecule has 0 fully saturated rings. The molecule has 0 amide bonds. The summed E-state index contributed by atoms with van der Waals surface area (Å²) in [5.74, 6) is -3.18. The van der Waals surface area contributed by atoms with Crippen LogP contribution in [0, 0.1) is 5.41 Å². The van der Waals surface area contributed by atoms with Gasteiger partial charge in [0.15, 0.2) is 0 Å². The predicted octanol–water partition coefficient (Wildman–Crippen LogP) is 13.2. The van der Waals surface area contributed by atoms with Crippen LogP contribution in [0.2, 0.25) is 0 Å². The number of ether oxygens (including phenoxy) is 7. The Morgan fingerprint density at radius 2 is 0.473 bits per heavy atom. The topological polar surface area (TPSA) is 187 Å². The normalized spacial score (nSPS) is 11.3. The third-order valence-corrected chi connectivity index (χ3v) is 13.0. The SMILES string of the molecule is CCCCCCCCCCOC(=O)CCCCC(=O)OCC(COC(=O)CCCCC(=O)OCCCCCCCCCC)(COC(=O)CCCCC(=O)OCCCCCCCCCC)COC(=O)CCCN(C)C. The molecule has 0 heterocycles. The van der Waals surface area contributed by atoms with E-state index in [1.807, 2.05) is 19.0 Å². The first-order chi connectivity index (χ1) is 35.9. The summed E-state index contributed by atoms with van der Waals surface area (Å²) in [5.41, 5.74) is -1.45. The van der Waals surface area contributed by atoms with Gasteiger partial charge in [0, 0.05) is 44.9 Å². The zero-order valence-corrected chi connectivity index (χ0v) is 47.7. The smallest absolute Gasteiger partial charge is 0.305 e. The Kier molecular flexibility index (Phi) is 48.8. The Bertz CT molecular complexity index is 1280. The zero-order valence-electron chi connectivity index (χ0n) is 47.7. The predicted molar refractivity (Wildman–Crippen MR) is 290 cm³/mol. The van der Waals surface area contributed by atoms with Gasteiger partial charge in [-0.05, 0) is 84.8 Å². The largest absolute Gasteiger partial charge is 0.466 e. The van der Waals surface area contributed by atoms with E-state index in [1.54, 1.807) is 0 Å². The second kappa shape index (κ2) is 51.4. The minimum Gasteiger partial charge on any atom is -0.466 e. The summed E-state index contributed by atoms with van der Waals surface area (Å²) in [4.78, 5) is 91.4. The first-order valence-electron chi connectivity index (χ1n) is 29.6. The Morgan fingerprint density at radius 1 is 0.270 bits per heavy atom. The molecule has 0 aliphatic carbocycles. The number of carbonyl (C=O) groups is 7. The highest BCUT2D eigenvalue weighted by Crippen LogP contribution is 2.24. The molecule has 0 aromatic heterocycles. The summed E-state index contributed by atoms with van der Waals surface area (Å²) in [6, 6.07) is 0. The summed E-state index contributed by atoms with van der Waals surface area (Å²) in [5, 5.41) is 0. The van der Waals surface area contributed by atoms with Crippen LogP contribution in [0.15, 0.2) is 0 Å². The molecule has 74 heavy (non-hydrogen) atoms. The zero-order chi connectivity index (χ0) is 54.6. The van der Waals surface area contributed by atoms with Crippen LogP contribution in [0.3, 0.4) is 0 Å². The van der Waals surface area contributed by atoms with Crippen LogP contribution in [-0.2, 0) is 66.7 Å². The highest BCUT2D eigenvalue weighted by Gasteiger charge is 2.38. The third kappa shape index (κ3) is 47.9. The Balaban J connectivity index is 5.45. The maximum atomic E-state index is 13.1. The minimum absolute atomic E-state index is 0.00555. The van der Waals surface area contributed by atoms with Gasteiger partial charge in [-0.1, -0.05) is 156 Å². The molecule has 0 radical (unpaired) electrons. The van der Waals surface area contributed by atoms with E-state index in [1.165, 1.54) is 96.3 Å². The average Bonchev–Trinajstić information content (AvgIpc) is 3.38. The molecule has 432 valence electrons. The van der Waals surface area contributed by atoms with Gasteiger partial charge < -0.3 is 38.1 Å². The Labute approximate surface area is 449 Å². The Hall–Kier alpha value is -3.75. The van der Waals surface area contributed by atoms with Gasteiger partial charge in [0.1, 0.15) is 31.8 Å². The van der Waals surface area contributed by atoms with Crippen LogP contribution in [0.5, 0.6) is 0 Å². The van der Waals surface area contributed by atoms with E-state index < -0.39 is 49.1 Å². The van der Waals surface area contributed by atoms with Crippen molar-refractivity contribution < 1.29 is 66.7 Å². The van der Waals surface area contributed by atoms with Gasteiger partial charge in [-0.15, -0.1) is 0 Å². The number of nitrogens with zero attached hydrogens (tertiary/aromatic N) is 1. The van der Waals surface area contributed by atoms with Crippen molar-refractivity contribution in [3.05, 3.63) is 0 Å². The molecule has 0 N–H and O–H groups in total. The first kappa shape index (κ1) is 70.2. The van der Waals surface area contributed by atoms with Gasteiger partial charge in [-0.2, -0.15) is 0 Å². The van der Waals surface area contributed by atoms with Gasteiger partial charge in [-0.3, -0.25) is 33.6 Å². The van der Waals surface area contributed by atoms with Gasteiger partial charge in [0.05, 0.1) is 19.8 Å². The maximum absolute atomic E-state index is 13.1. The monoisotopic (exact) mass is 1050 g/mol. The maximum Gasteiger partial charge on any atom is 0.305 e. The van der Waals surface area contributed by atoms with Gasteiger partial charge in [0.2, 0.25) is 0 Å². The van der Waals surface area contributed by atoms with E-state index in [2.05, 4.69) is 20.8 Å². The van der Waals surface area contributed by atoms with Crippen LogP contribution < -0.4 is 0 Å². The van der Waals surface area contributed by atoms with Crippen LogP contribution in [0.4, 0.5) is 0 Å². The van der Waals surface area contributed by atoms with Crippen LogP contribution in [-0.4, -0.2) is 114 Å². The highest BCUT2D eigenvalue weighted by atomic mass is 16.6. The van der Waals surface area contributed by atoms with Crippen molar-refractivity contribution in [2.45, 2.75) is 265 Å². The van der Waals surface area contributed by atoms with E-state index in [-0.39, 0.29) is 69.5 Å². The molecule has 0 saturated carbocycles. The molecule has 0 rings (SSSR count). The van der Waals surface area contributed by atoms with Crippen molar-refractivity contribution in [2.24, 2.45) is 5.41 Å². The van der Waals surface area contributed by atoms with Crippen molar-refractivity contribution in [3.63, 3.8) is 0 Å². The molecular weight excluding hydrogens is 947 g/mol. The molecule has 0 saturated heterocycles. The molecule has 0 bridgehead atoms. The fourth-order valence-corrected chi connectivity index (χ4v) is 8.11. The lowest BCUT2D eigenvalue weighted by atomic mass is 9.92. The first-order valence-corrected chi connectivity index (χ1v) is 29.6. The molecule has 0 spiro atoms. The lowest BCUT2D eigenvalue weighted by molar-refractivity contribution is -0.171. The lowest BCUT2D eigenvalue weighted by Crippen LogP contribution is -2.44. The average molecular weight is 1050 g/mol. The summed E-state index contributed by atoms with van der Waals surface area (Å²) in [7, 11) is 3.79. The quantitative estimate of drug-likeness (QED) is 0.0318.